The van der Waals surface area contributed by atoms with Gasteiger partial charge in [0.2, 0.25) is 6.41 Å². The van der Waals surface area contributed by atoms with Crippen LogP contribution >= 0.6 is 0 Å². The van der Waals surface area contributed by atoms with E-state index in [4.69, 9.17) is 0 Å². The van der Waals surface area contributed by atoms with Crippen LogP contribution in [0.15, 0.2) is 12.7 Å². The van der Waals surface area contributed by atoms with Gasteiger partial charge in [0.15, 0.2) is 0 Å². The summed E-state index contributed by atoms with van der Waals surface area (Å²) in [6.45, 7) is 5.44. The van der Waals surface area contributed by atoms with Gasteiger partial charge in [-0.25, -0.2) is 0 Å². The van der Waals surface area contributed by atoms with Crippen LogP contribution in [0.2, 0.25) is 0 Å². The first kappa shape index (κ1) is 13.6. The van der Waals surface area contributed by atoms with Gasteiger partial charge < -0.3 is 0 Å². The summed E-state index contributed by atoms with van der Waals surface area (Å²) in [5.74, 6) is 0.386. The van der Waals surface area contributed by atoms with Crippen LogP contribution in [-0.4, -0.2) is 29.5 Å². The first-order chi connectivity index (χ1) is 8.08. The van der Waals surface area contributed by atoms with Crippen molar-refractivity contribution in [1.29, 1.82) is 0 Å². The molecule has 0 spiro atoms. The van der Waals surface area contributed by atoms with Gasteiger partial charge in [0.25, 0.3) is 5.91 Å². The van der Waals surface area contributed by atoms with Gasteiger partial charge in [0.05, 0.1) is 0 Å². The van der Waals surface area contributed by atoms with E-state index in [2.05, 4.69) is 6.58 Å². The van der Waals surface area contributed by atoms with Crippen LogP contribution in [0.3, 0.4) is 0 Å². The van der Waals surface area contributed by atoms with Gasteiger partial charge in [0, 0.05) is 12.5 Å². The van der Waals surface area contributed by atoms with Crippen molar-refractivity contribution in [3.63, 3.8) is 0 Å². The summed E-state index contributed by atoms with van der Waals surface area (Å²) in [5.41, 5.74) is 0. The summed E-state index contributed by atoms with van der Waals surface area (Å²) < 4.78 is 0. The third-order valence-electron chi connectivity index (χ3n) is 3.46. The molecule has 1 fully saturated rings. The van der Waals surface area contributed by atoms with Crippen molar-refractivity contribution in [1.82, 2.24) is 4.90 Å². The largest absolute Gasteiger partial charge is 0.300 e. The van der Waals surface area contributed by atoms with E-state index in [1.54, 1.807) is 6.92 Å². The molecule has 0 aliphatic heterocycles. The van der Waals surface area contributed by atoms with Gasteiger partial charge in [-0.1, -0.05) is 6.58 Å². The van der Waals surface area contributed by atoms with E-state index >= 15 is 0 Å². The van der Waals surface area contributed by atoms with Crippen LogP contribution in [0.1, 0.15) is 32.6 Å². The number of carbonyl (C=O) groups is 3. The lowest BCUT2D eigenvalue weighted by Crippen LogP contribution is -2.35. The molecule has 4 heteroatoms. The zero-order valence-electron chi connectivity index (χ0n) is 10.2. The molecule has 2 amide bonds. The van der Waals surface area contributed by atoms with Crippen molar-refractivity contribution in [2.24, 2.45) is 11.8 Å². The molecule has 94 valence electrons. The Kier molecular flexibility index (Phi) is 5.07. The lowest BCUT2D eigenvalue weighted by Gasteiger charge is -2.29. The van der Waals surface area contributed by atoms with E-state index < -0.39 is 0 Å². The van der Waals surface area contributed by atoms with Crippen LogP contribution in [0.25, 0.3) is 0 Å². The number of carbonyl (C=O) groups excluding carboxylic acids is 3. The maximum absolute atomic E-state index is 11.3. The maximum atomic E-state index is 11.3. The minimum absolute atomic E-state index is 0.172. The van der Waals surface area contributed by atoms with Crippen molar-refractivity contribution in [2.45, 2.75) is 32.6 Å². The molecule has 0 aromatic rings. The Labute approximate surface area is 102 Å². The smallest absolute Gasteiger partial charge is 0.252 e. The van der Waals surface area contributed by atoms with Crippen molar-refractivity contribution >= 4 is 18.1 Å². The van der Waals surface area contributed by atoms with Crippen molar-refractivity contribution in [3.8, 4) is 0 Å². The Bertz CT molecular complexity index is 317. The van der Waals surface area contributed by atoms with Gasteiger partial charge in [-0.05, 0) is 44.6 Å². The fourth-order valence-electron chi connectivity index (χ4n) is 2.33. The number of amides is 2. The molecular formula is C13H19NO3. The van der Waals surface area contributed by atoms with E-state index in [-0.39, 0.29) is 17.6 Å². The summed E-state index contributed by atoms with van der Waals surface area (Å²) in [6.07, 6.45) is 5.25. The molecule has 0 aromatic heterocycles. The number of hydrogen-bond donors (Lipinski definition) is 0. The standard InChI is InChI=1S/C13H19NO3/c1-3-13(17)14(9-15)8-11-4-6-12(7-5-11)10(2)16/h3,9,11-12H,1,4-8H2,2H3. The molecule has 0 aromatic carbocycles. The quantitative estimate of drug-likeness (QED) is 0.538. The summed E-state index contributed by atoms with van der Waals surface area (Å²) in [5, 5.41) is 0. The van der Waals surface area contributed by atoms with Gasteiger partial charge in [-0.2, -0.15) is 0 Å². The summed E-state index contributed by atoms with van der Waals surface area (Å²) >= 11 is 0. The minimum atomic E-state index is -0.353. The summed E-state index contributed by atoms with van der Waals surface area (Å²) in [7, 11) is 0. The maximum Gasteiger partial charge on any atom is 0.252 e. The minimum Gasteiger partial charge on any atom is -0.300 e. The van der Waals surface area contributed by atoms with E-state index in [1.165, 1.54) is 0 Å². The number of hydrogen-bond acceptors (Lipinski definition) is 3. The van der Waals surface area contributed by atoms with Crippen LogP contribution < -0.4 is 0 Å². The molecule has 1 aliphatic rings. The van der Waals surface area contributed by atoms with Gasteiger partial charge in [0.1, 0.15) is 5.78 Å². The Morgan fingerprint density at radius 1 is 1.29 bits per heavy atom. The Morgan fingerprint density at radius 2 is 1.88 bits per heavy atom. The Hall–Kier alpha value is -1.45. The summed E-state index contributed by atoms with van der Waals surface area (Å²) in [6, 6.07) is 0. The second kappa shape index (κ2) is 6.33. The number of Topliss-reactive ketones (excluding diaryl/α,β-unsaturated/α-hetero) is 1. The lowest BCUT2D eigenvalue weighted by atomic mass is 9.80. The molecule has 0 N–H and O–H groups in total. The zero-order chi connectivity index (χ0) is 12.8. The molecule has 0 radical (unpaired) electrons. The third kappa shape index (κ3) is 3.80. The molecule has 0 bridgehead atoms. The van der Waals surface area contributed by atoms with E-state index in [0.29, 0.717) is 18.9 Å². The molecule has 17 heavy (non-hydrogen) atoms. The predicted molar refractivity (Wildman–Crippen MR) is 64.1 cm³/mol. The van der Waals surface area contributed by atoms with Gasteiger partial charge in [-0.3, -0.25) is 19.3 Å². The highest BCUT2D eigenvalue weighted by Crippen LogP contribution is 2.29. The number of rotatable bonds is 5. The van der Waals surface area contributed by atoms with Crippen LogP contribution in [0.5, 0.6) is 0 Å². The normalized spacial score (nSPS) is 23.8. The fraction of sp³-hybridized carbons (Fsp3) is 0.615. The monoisotopic (exact) mass is 237 g/mol. The van der Waals surface area contributed by atoms with Crippen molar-refractivity contribution in [3.05, 3.63) is 12.7 Å². The lowest BCUT2D eigenvalue weighted by molar-refractivity contribution is -0.135. The molecule has 0 atom stereocenters. The summed E-state index contributed by atoms with van der Waals surface area (Å²) in [4.78, 5) is 34.4. The average molecular weight is 237 g/mol. The Balaban J connectivity index is 2.44. The molecule has 1 rings (SSSR count). The number of ketones is 1. The van der Waals surface area contributed by atoms with Crippen LogP contribution in [0.4, 0.5) is 0 Å². The second-order valence-electron chi connectivity index (χ2n) is 4.63. The topological polar surface area (TPSA) is 54.5 Å². The SMILES string of the molecule is C=CC(=O)N(C=O)CC1CCC(C(C)=O)CC1. The Morgan fingerprint density at radius 3 is 2.29 bits per heavy atom. The van der Waals surface area contributed by atoms with E-state index in [9.17, 15) is 14.4 Å². The highest BCUT2D eigenvalue weighted by molar-refractivity contribution is 5.94. The van der Waals surface area contributed by atoms with Crippen molar-refractivity contribution in [2.75, 3.05) is 6.54 Å². The highest BCUT2D eigenvalue weighted by Gasteiger charge is 2.25. The first-order valence-corrected chi connectivity index (χ1v) is 5.97. The first-order valence-electron chi connectivity index (χ1n) is 5.97. The van der Waals surface area contributed by atoms with Crippen molar-refractivity contribution < 1.29 is 14.4 Å². The van der Waals surface area contributed by atoms with E-state index in [1.807, 2.05) is 0 Å². The highest BCUT2D eigenvalue weighted by atomic mass is 16.2. The second-order valence-corrected chi connectivity index (χ2v) is 4.63. The molecule has 1 saturated carbocycles. The molecular weight excluding hydrogens is 218 g/mol. The molecule has 0 heterocycles. The zero-order valence-corrected chi connectivity index (χ0v) is 10.2. The number of nitrogens with zero attached hydrogens (tertiary/aromatic N) is 1. The molecule has 0 saturated heterocycles. The number of imide groups is 1. The van der Waals surface area contributed by atoms with E-state index in [0.717, 1.165) is 36.7 Å². The average Bonchev–Trinajstić information content (AvgIpc) is 2.35. The molecule has 4 nitrogen and oxygen atoms in total. The molecule has 0 unspecified atom stereocenters. The van der Waals surface area contributed by atoms with Crippen LogP contribution in [0, 0.1) is 11.8 Å². The van der Waals surface area contributed by atoms with Gasteiger partial charge >= 0.3 is 0 Å². The van der Waals surface area contributed by atoms with Gasteiger partial charge in [-0.15, -0.1) is 0 Å². The predicted octanol–water partition coefficient (Wildman–Crippen LogP) is 1.55. The van der Waals surface area contributed by atoms with Crippen LogP contribution in [-0.2, 0) is 14.4 Å². The third-order valence-corrected chi connectivity index (χ3v) is 3.46. The molecule has 1 aliphatic carbocycles. The fourth-order valence-corrected chi connectivity index (χ4v) is 2.33.